The van der Waals surface area contributed by atoms with Crippen LogP contribution in [0.25, 0.3) is 32.2 Å². The number of likely N-dealkylation sites (tertiary alicyclic amines) is 1. The van der Waals surface area contributed by atoms with Crippen LogP contribution >= 0.6 is 11.3 Å². The summed E-state index contributed by atoms with van der Waals surface area (Å²) in [5, 5.41) is 10.7. The van der Waals surface area contributed by atoms with E-state index in [1.54, 1.807) is 0 Å². The smallest absolute Gasteiger partial charge is 0.318 e. The van der Waals surface area contributed by atoms with Gasteiger partial charge in [-0.1, -0.05) is 13.8 Å². The standard InChI is InChI=1S/C32H33F2N7O4S/c1-14(2)31(42)45-15(3)9-40-10-16-5-6-17(11-40)41(16)30-24-20-13-44-12-19(20)22(25(34)27(24)38-32(39-30)43-4)26-23-18(7-35)29(36)46-28(23)21(33)8-37-26/h8,14-17H,5-6,9-13,36H2,1-4H3. The van der Waals surface area contributed by atoms with Gasteiger partial charge in [0.2, 0.25) is 0 Å². The molecule has 2 N–H and O–H groups in total. The number of fused-ring (bicyclic) bond motifs is 6. The molecule has 6 heterocycles. The number of carbonyl (C=O) groups excluding carboxylic acids is 1. The number of rotatable bonds is 7. The van der Waals surface area contributed by atoms with Crippen molar-refractivity contribution >= 4 is 49.1 Å². The summed E-state index contributed by atoms with van der Waals surface area (Å²) >= 11 is 0.930. The monoisotopic (exact) mass is 649 g/mol. The highest BCUT2D eigenvalue weighted by Gasteiger charge is 2.43. The van der Waals surface area contributed by atoms with E-state index in [4.69, 9.17) is 24.9 Å². The van der Waals surface area contributed by atoms with E-state index < -0.39 is 11.6 Å². The summed E-state index contributed by atoms with van der Waals surface area (Å²) in [7, 11) is 1.44. The number of anilines is 2. The molecule has 0 radical (unpaired) electrons. The van der Waals surface area contributed by atoms with Crippen molar-refractivity contribution in [2.75, 3.05) is 37.4 Å². The molecule has 3 atom stereocenters. The maximum atomic E-state index is 17.0. The molecule has 3 aromatic heterocycles. The summed E-state index contributed by atoms with van der Waals surface area (Å²) in [6.07, 6.45) is 2.61. The zero-order valence-corrected chi connectivity index (χ0v) is 26.7. The first-order valence-corrected chi connectivity index (χ1v) is 16.1. The van der Waals surface area contributed by atoms with Crippen LogP contribution in [-0.2, 0) is 27.5 Å². The van der Waals surface area contributed by atoms with E-state index in [1.807, 2.05) is 26.8 Å². The van der Waals surface area contributed by atoms with Crippen LogP contribution in [0.2, 0.25) is 0 Å². The number of benzene rings is 1. The van der Waals surface area contributed by atoms with Crippen molar-refractivity contribution in [3.63, 3.8) is 0 Å². The van der Waals surface area contributed by atoms with Gasteiger partial charge >= 0.3 is 12.0 Å². The lowest BCUT2D eigenvalue weighted by molar-refractivity contribution is -0.152. The molecule has 46 heavy (non-hydrogen) atoms. The Hall–Kier alpha value is -4.19. The first kappa shape index (κ1) is 30.5. The van der Waals surface area contributed by atoms with E-state index in [0.717, 1.165) is 49.0 Å². The second kappa shape index (κ2) is 11.6. The topological polar surface area (TPSA) is 140 Å². The van der Waals surface area contributed by atoms with Crippen LogP contribution in [0.1, 0.15) is 50.3 Å². The molecule has 2 fully saturated rings. The third kappa shape index (κ3) is 4.80. The zero-order valence-electron chi connectivity index (χ0n) is 25.9. The Morgan fingerprint density at radius 1 is 1.17 bits per heavy atom. The fourth-order valence-corrected chi connectivity index (χ4v) is 8.05. The van der Waals surface area contributed by atoms with E-state index in [0.29, 0.717) is 23.3 Å². The van der Waals surface area contributed by atoms with Gasteiger partial charge in [0.25, 0.3) is 0 Å². The summed E-state index contributed by atoms with van der Waals surface area (Å²) in [6.45, 7) is 7.90. The van der Waals surface area contributed by atoms with Crippen LogP contribution in [0.4, 0.5) is 19.6 Å². The van der Waals surface area contributed by atoms with Gasteiger partial charge in [-0.2, -0.15) is 15.2 Å². The number of aromatic nitrogens is 3. The molecule has 0 amide bonds. The molecular formula is C32H33F2N7O4S. The normalized spacial score (nSPS) is 20.0. The second-order valence-corrected chi connectivity index (χ2v) is 13.5. The van der Waals surface area contributed by atoms with Crippen LogP contribution in [0.15, 0.2) is 6.20 Å². The van der Waals surface area contributed by atoms with Gasteiger partial charge in [-0.25, -0.2) is 8.78 Å². The summed E-state index contributed by atoms with van der Waals surface area (Å²) in [5.74, 6) is -1.14. The van der Waals surface area contributed by atoms with Crippen molar-refractivity contribution in [3.05, 3.63) is 34.5 Å². The Balaban J connectivity index is 1.34. The van der Waals surface area contributed by atoms with E-state index >= 15 is 4.39 Å². The molecule has 3 unspecified atom stereocenters. The quantitative estimate of drug-likeness (QED) is 0.273. The highest BCUT2D eigenvalue weighted by Crippen LogP contribution is 2.48. The van der Waals surface area contributed by atoms with Crippen LogP contribution in [0.5, 0.6) is 6.01 Å². The Bertz CT molecular complexity index is 1930. The zero-order chi connectivity index (χ0) is 32.4. The number of hydrogen-bond acceptors (Lipinski definition) is 12. The predicted molar refractivity (Wildman–Crippen MR) is 168 cm³/mol. The van der Waals surface area contributed by atoms with Crippen LogP contribution in [0, 0.1) is 28.9 Å². The van der Waals surface area contributed by atoms with Crippen molar-refractivity contribution in [2.45, 2.75) is 65.0 Å². The van der Waals surface area contributed by atoms with Gasteiger partial charge in [0.05, 0.1) is 53.8 Å². The number of hydrogen-bond donors (Lipinski definition) is 1. The highest BCUT2D eigenvalue weighted by molar-refractivity contribution is 7.23. The van der Waals surface area contributed by atoms with E-state index in [-0.39, 0.29) is 86.7 Å². The van der Waals surface area contributed by atoms with Gasteiger partial charge < -0.3 is 24.8 Å². The minimum absolute atomic E-state index is 0.0111. The number of esters is 1. The Labute approximate surface area is 267 Å². The fourth-order valence-electron chi connectivity index (χ4n) is 7.13. The van der Waals surface area contributed by atoms with E-state index in [2.05, 4.69) is 19.8 Å². The van der Waals surface area contributed by atoms with Crippen molar-refractivity contribution in [1.29, 1.82) is 5.26 Å². The Morgan fingerprint density at radius 3 is 2.57 bits per heavy atom. The summed E-state index contributed by atoms with van der Waals surface area (Å²) in [5.41, 5.74) is 7.66. The number of ether oxygens (including phenoxy) is 3. The van der Waals surface area contributed by atoms with Crippen LogP contribution < -0.4 is 15.4 Å². The summed E-state index contributed by atoms with van der Waals surface area (Å²) < 4.78 is 49.0. The summed E-state index contributed by atoms with van der Waals surface area (Å²) in [6, 6.07) is 2.22. The molecule has 3 aliphatic heterocycles. The fraction of sp³-hybridized carbons (Fsp3) is 0.469. The number of carbonyl (C=O) groups is 1. The van der Waals surface area contributed by atoms with Gasteiger partial charge in [0.15, 0.2) is 11.6 Å². The minimum Gasteiger partial charge on any atom is -0.467 e. The number of halogens is 2. The van der Waals surface area contributed by atoms with Crippen molar-refractivity contribution < 1.29 is 27.8 Å². The SMILES string of the molecule is COc1nc(N2C3CCC2CN(CC(C)OC(=O)C(C)C)C3)c2c3c(c(-c4ncc(F)c5sc(N)c(C#N)c45)c(F)c2n1)COC3. The number of nitriles is 1. The highest BCUT2D eigenvalue weighted by atomic mass is 32.1. The number of pyridine rings is 1. The number of methoxy groups -OCH3 is 1. The first-order valence-electron chi connectivity index (χ1n) is 15.3. The molecule has 0 saturated carbocycles. The molecule has 240 valence electrons. The van der Waals surface area contributed by atoms with Gasteiger partial charge in [0.1, 0.15) is 28.5 Å². The molecule has 11 nitrogen and oxygen atoms in total. The van der Waals surface area contributed by atoms with Gasteiger partial charge in [-0.05, 0) is 30.9 Å². The molecule has 4 aromatic rings. The largest absolute Gasteiger partial charge is 0.467 e. The third-order valence-corrected chi connectivity index (χ3v) is 10.1. The number of nitrogen functional groups attached to an aromatic ring is 1. The second-order valence-electron chi connectivity index (χ2n) is 12.4. The first-order chi connectivity index (χ1) is 22.1. The van der Waals surface area contributed by atoms with Crippen LogP contribution in [-0.4, -0.2) is 70.8 Å². The molecule has 1 aromatic carbocycles. The third-order valence-electron chi connectivity index (χ3n) is 9.09. The maximum absolute atomic E-state index is 17.0. The van der Waals surface area contributed by atoms with Crippen molar-refractivity contribution in [1.82, 2.24) is 19.9 Å². The van der Waals surface area contributed by atoms with E-state index in [1.165, 1.54) is 7.11 Å². The predicted octanol–water partition coefficient (Wildman–Crippen LogP) is 4.92. The lowest BCUT2D eigenvalue weighted by Gasteiger charge is -2.43. The minimum atomic E-state index is -0.679. The molecule has 3 aliphatic rings. The Morgan fingerprint density at radius 2 is 1.89 bits per heavy atom. The molecule has 2 saturated heterocycles. The molecule has 0 aliphatic carbocycles. The molecule has 14 heteroatoms. The molecular weight excluding hydrogens is 616 g/mol. The molecule has 0 spiro atoms. The maximum Gasteiger partial charge on any atom is 0.318 e. The number of piperazine rings is 1. The van der Waals surface area contributed by atoms with E-state index in [9.17, 15) is 14.4 Å². The lowest BCUT2D eigenvalue weighted by Crippen LogP contribution is -2.55. The number of nitrogens with two attached hydrogens (primary N) is 1. The number of nitrogens with zero attached hydrogens (tertiary/aromatic N) is 6. The van der Waals surface area contributed by atoms with Crippen molar-refractivity contribution in [3.8, 4) is 23.3 Å². The summed E-state index contributed by atoms with van der Waals surface area (Å²) in [4.78, 5) is 30.3. The van der Waals surface area contributed by atoms with Crippen LogP contribution in [0.3, 0.4) is 0 Å². The van der Waals surface area contributed by atoms with Gasteiger partial charge in [0, 0.05) is 42.7 Å². The van der Waals surface area contributed by atoms with Gasteiger partial charge in [-0.3, -0.25) is 14.7 Å². The average molecular weight is 650 g/mol. The molecule has 2 bridgehead atoms. The van der Waals surface area contributed by atoms with Crippen molar-refractivity contribution in [2.24, 2.45) is 5.92 Å². The Kier molecular flexibility index (Phi) is 7.65. The lowest BCUT2D eigenvalue weighted by atomic mass is 9.93. The van der Waals surface area contributed by atoms with Gasteiger partial charge in [-0.15, -0.1) is 11.3 Å². The average Bonchev–Trinajstić information content (AvgIpc) is 3.71. The number of thiophene rings is 1. The molecule has 7 rings (SSSR count).